The molecule has 13 heavy (non-hydrogen) atoms. The summed E-state index contributed by atoms with van der Waals surface area (Å²) in [5.74, 6) is -1.02. The largest absolute Gasteiger partial charge is 0.317 e. The summed E-state index contributed by atoms with van der Waals surface area (Å²) in [6, 6.07) is 3.61. The fraction of sp³-hybridized carbons (Fsp3) is 0.400. The highest BCUT2D eigenvalue weighted by atomic mass is 19.1. The molecule has 1 aromatic rings. The van der Waals surface area contributed by atoms with Crippen molar-refractivity contribution in [1.82, 2.24) is 5.32 Å². The van der Waals surface area contributed by atoms with E-state index in [1.54, 1.807) is 0 Å². The molecule has 0 aliphatic rings. The van der Waals surface area contributed by atoms with Crippen molar-refractivity contribution in [1.29, 1.82) is 0 Å². The van der Waals surface area contributed by atoms with E-state index >= 15 is 0 Å². The highest BCUT2D eigenvalue weighted by molar-refractivity contribution is 5.18. The van der Waals surface area contributed by atoms with Gasteiger partial charge in [-0.15, -0.1) is 0 Å². The van der Waals surface area contributed by atoms with Crippen molar-refractivity contribution in [2.75, 3.05) is 13.1 Å². The van der Waals surface area contributed by atoms with Gasteiger partial charge in [0.25, 0.3) is 0 Å². The third-order valence-corrected chi connectivity index (χ3v) is 1.76. The van der Waals surface area contributed by atoms with Gasteiger partial charge in [-0.25, -0.2) is 8.78 Å². The molecule has 0 aliphatic carbocycles. The van der Waals surface area contributed by atoms with Gasteiger partial charge in [-0.2, -0.15) is 0 Å². The Morgan fingerprint density at radius 1 is 1.15 bits per heavy atom. The lowest BCUT2D eigenvalue weighted by Crippen LogP contribution is -2.16. The Hall–Kier alpha value is -0.960. The molecule has 0 atom stereocenters. The van der Waals surface area contributed by atoms with Crippen LogP contribution in [-0.2, 0) is 6.42 Å². The maximum absolute atomic E-state index is 12.7. The predicted octanol–water partition coefficient (Wildman–Crippen LogP) is 2.12. The van der Waals surface area contributed by atoms with Crippen LogP contribution in [-0.4, -0.2) is 13.1 Å². The summed E-state index contributed by atoms with van der Waals surface area (Å²) in [6.45, 7) is 3.61. The molecule has 0 spiro atoms. The van der Waals surface area contributed by atoms with E-state index in [0.717, 1.165) is 19.2 Å². The monoisotopic (exact) mass is 185 g/mol. The first kappa shape index (κ1) is 10.1. The molecule has 72 valence electrons. The molecule has 0 heterocycles. The number of likely N-dealkylation sites (N-methyl/N-ethyl adjacent to an activating group) is 1. The van der Waals surface area contributed by atoms with Gasteiger partial charge >= 0.3 is 0 Å². The lowest BCUT2D eigenvalue weighted by Gasteiger charge is -2.02. The molecule has 1 rings (SSSR count). The van der Waals surface area contributed by atoms with E-state index in [1.165, 1.54) is 12.1 Å². The Morgan fingerprint density at radius 3 is 2.31 bits per heavy atom. The molecule has 0 aliphatic heterocycles. The van der Waals surface area contributed by atoms with E-state index in [2.05, 4.69) is 5.32 Å². The highest BCUT2D eigenvalue weighted by Crippen LogP contribution is 2.07. The Balaban J connectivity index is 2.56. The zero-order valence-electron chi connectivity index (χ0n) is 7.61. The number of nitrogens with one attached hydrogen (secondary N) is 1. The Labute approximate surface area is 76.8 Å². The van der Waals surface area contributed by atoms with Crippen LogP contribution in [0.25, 0.3) is 0 Å². The molecule has 3 heteroatoms. The van der Waals surface area contributed by atoms with Gasteiger partial charge < -0.3 is 5.32 Å². The van der Waals surface area contributed by atoms with Gasteiger partial charge in [0.2, 0.25) is 0 Å². The van der Waals surface area contributed by atoms with Crippen LogP contribution in [0.15, 0.2) is 18.2 Å². The van der Waals surface area contributed by atoms with E-state index in [-0.39, 0.29) is 0 Å². The van der Waals surface area contributed by atoms with Crippen molar-refractivity contribution >= 4 is 0 Å². The van der Waals surface area contributed by atoms with Crippen molar-refractivity contribution in [2.45, 2.75) is 13.3 Å². The summed E-state index contributed by atoms with van der Waals surface area (Å²) in [6.07, 6.45) is 0.655. The van der Waals surface area contributed by atoms with E-state index in [1.807, 2.05) is 6.92 Å². The molecule has 0 saturated carbocycles. The van der Waals surface area contributed by atoms with Crippen molar-refractivity contribution in [3.05, 3.63) is 35.4 Å². The van der Waals surface area contributed by atoms with Crippen LogP contribution in [0.2, 0.25) is 0 Å². The molecule has 1 nitrogen and oxygen atoms in total. The minimum absolute atomic E-state index is 0.508. The third kappa shape index (κ3) is 3.51. The van der Waals surface area contributed by atoms with Gasteiger partial charge in [0.1, 0.15) is 11.6 Å². The second kappa shape index (κ2) is 4.92. The van der Waals surface area contributed by atoms with Crippen LogP contribution in [0.4, 0.5) is 8.78 Å². The Morgan fingerprint density at radius 2 is 1.77 bits per heavy atom. The average molecular weight is 185 g/mol. The lowest BCUT2D eigenvalue weighted by atomic mass is 10.1. The molecule has 0 unspecified atom stereocenters. The molecule has 1 N–H and O–H groups in total. The molecule has 0 fully saturated rings. The van der Waals surface area contributed by atoms with Crippen LogP contribution in [0.3, 0.4) is 0 Å². The SMILES string of the molecule is CCNCCc1cc(F)cc(F)c1. The zero-order chi connectivity index (χ0) is 9.68. The Bertz CT molecular complexity index is 253. The van der Waals surface area contributed by atoms with Gasteiger partial charge in [0, 0.05) is 6.07 Å². The van der Waals surface area contributed by atoms with E-state index in [9.17, 15) is 8.78 Å². The summed E-state index contributed by atoms with van der Waals surface area (Å²) in [7, 11) is 0. The van der Waals surface area contributed by atoms with Gasteiger partial charge in [0.15, 0.2) is 0 Å². The normalized spacial score (nSPS) is 10.4. The van der Waals surface area contributed by atoms with Crippen LogP contribution < -0.4 is 5.32 Å². The van der Waals surface area contributed by atoms with Crippen LogP contribution in [0.5, 0.6) is 0 Å². The number of hydrogen-bond donors (Lipinski definition) is 1. The smallest absolute Gasteiger partial charge is 0.126 e. The fourth-order valence-electron chi connectivity index (χ4n) is 1.16. The Kier molecular flexibility index (Phi) is 3.83. The standard InChI is InChI=1S/C10H13F2N/c1-2-13-4-3-8-5-9(11)7-10(12)6-8/h5-7,13H,2-4H2,1H3. The second-order valence-electron chi connectivity index (χ2n) is 2.88. The van der Waals surface area contributed by atoms with Gasteiger partial charge in [-0.3, -0.25) is 0 Å². The maximum atomic E-state index is 12.7. The molecule has 0 radical (unpaired) electrons. The number of halogens is 2. The first-order valence-corrected chi connectivity index (χ1v) is 4.38. The second-order valence-corrected chi connectivity index (χ2v) is 2.88. The molecular weight excluding hydrogens is 172 g/mol. The van der Waals surface area contributed by atoms with Gasteiger partial charge in [-0.1, -0.05) is 6.92 Å². The summed E-state index contributed by atoms with van der Waals surface area (Å²) >= 11 is 0. The predicted molar refractivity (Wildman–Crippen MR) is 48.6 cm³/mol. The molecule has 0 saturated heterocycles. The van der Waals surface area contributed by atoms with Gasteiger partial charge in [-0.05, 0) is 37.2 Å². The van der Waals surface area contributed by atoms with Crippen molar-refractivity contribution < 1.29 is 8.78 Å². The highest BCUT2D eigenvalue weighted by Gasteiger charge is 1.99. The van der Waals surface area contributed by atoms with E-state index in [4.69, 9.17) is 0 Å². The minimum atomic E-state index is -0.508. The number of hydrogen-bond acceptors (Lipinski definition) is 1. The van der Waals surface area contributed by atoms with Gasteiger partial charge in [0.05, 0.1) is 0 Å². The molecule has 0 amide bonds. The molecule has 1 aromatic carbocycles. The third-order valence-electron chi connectivity index (χ3n) is 1.76. The average Bonchev–Trinajstić information content (AvgIpc) is 2.03. The zero-order valence-corrected chi connectivity index (χ0v) is 7.61. The van der Waals surface area contributed by atoms with Crippen LogP contribution >= 0.6 is 0 Å². The summed E-state index contributed by atoms with van der Waals surface area (Å²) in [4.78, 5) is 0. The maximum Gasteiger partial charge on any atom is 0.126 e. The topological polar surface area (TPSA) is 12.0 Å². The van der Waals surface area contributed by atoms with E-state index in [0.29, 0.717) is 12.0 Å². The number of benzene rings is 1. The summed E-state index contributed by atoms with van der Waals surface area (Å²) in [5.41, 5.74) is 0.693. The molecule has 0 aromatic heterocycles. The quantitative estimate of drug-likeness (QED) is 0.708. The van der Waals surface area contributed by atoms with Crippen LogP contribution in [0, 0.1) is 11.6 Å². The number of rotatable bonds is 4. The first-order valence-electron chi connectivity index (χ1n) is 4.38. The van der Waals surface area contributed by atoms with Crippen molar-refractivity contribution in [3.8, 4) is 0 Å². The lowest BCUT2D eigenvalue weighted by molar-refractivity contribution is 0.578. The first-order chi connectivity index (χ1) is 6.22. The summed E-state index contributed by atoms with van der Waals surface area (Å²) < 4.78 is 25.4. The molecule has 0 bridgehead atoms. The van der Waals surface area contributed by atoms with Crippen molar-refractivity contribution in [3.63, 3.8) is 0 Å². The van der Waals surface area contributed by atoms with E-state index < -0.39 is 11.6 Å². The van der Waals surface area contributed by atoms with Crippen molar-refractivity contribution in [2.24, 2.45) is 0 Å². The fourth-order valence-corrected chi connectivity index (χ4v) is 1.16. The minimum Gasteiger partial charge on any atom is -0.317 e. The summed E-state index contributed by atoms with van der Waals surface area (Å²) in [5, 5.41) is 3.09. The molecular formula is C10H13F2N. The van der Waals surface area contributed by atoms with Crippen LogP contribution in [0.1, 0.15) is 12.5 Å².